The molecule has 0 atom stereocenters. The molecule has 0 aliphatic rings. The number of rotatable bonds is 5. The molecule has 0 amide bonds. The van der Waals surface area contributed by atoms with Gasteiger partial charge >= 0.3 is 0 Å². The van der Waals surface area contributed by atoms with Gasteiger partial charge in [0.25, 0.3) is 0 Å². The average molecular weight is 271 g/mol. The predicted octanol–water partition coefficient (Wildman–Crippen LogP) is 2.28. The van der Waals surface area contributed by atoms with Crippen LogP contribution in [0.25, 0.3) is 0 Å². The summed E-state index contributed by atoms with van der Waals surface area (Å²) in [6, 6.07) is 8.49. The molecule has 0 saturated carbocycles. The van der Waals surface area contributed by atoms with Gasteiger partial charge < -0.3 is 11.1 Å². The summed E-state index contributed by atoms with van der Waals surface area (Å²) in [5, 5.41) is 3.35. The van der Waals surface area contributed by atoms with Crippen molar-refractivity contribution in [2.75, 3.05) is 19.6 Å². The van der Waals surface area contributed by atoms with Crippen molar-refractivity contribution in [3.05, 3.63) is 34.3 Å². The minimum absolute atomic E-state index is 0.149. The standard InChI is InChI=1S/C12H19BrN2/c1-12(2,9-15-8-7-14)10-3-5-11(13)6-4-10/h3-6,15H,7-9,14H2,1-2H3. The van der Waals surface area contributed by atoms with Crippen LogP contribution in [0.5, 0.6) is 0 Å². The molecule has 3 N–H and O–H groups in total. The smallest absolute Gasteiger partial charge is 0.0175 e. The lowest BCUT2D eigenvalue weighted by Gasteiger charge is -2.25. The second-order valence-corrected chi connectivity index (χ2v) is 5.27. The van der Waals surface area contributed by atoms with E-state index in [0.29, 0.717) is 6.54 Å². The van der Waals surface area contributed by atoms with E-state index >= 15 is 0 Å². The molecule has 1 aromatic carbocycles. The van der Waals surface area contributed by atoms with E-state index in [4.69, 9.17) is 5.73 Å². The first-order valence-corrected chi connectivity index (χ1v) is 6.02. The lowest BCUT2D eigenvalue weighted by atomic mass is 9.85. The molecule has 0 aliphatic heterocycles. The van der Waals surface area contributed by atoms with Crippen molar-refractivity contribution >= 4 is 15.9 Å². The van der Waals surface area contributed by atoms with Gasteiger partial charge in [0.15, 0.2) is 0 Å². The van der Waals surface area contributed by atoms with Crippen LogP contribution in [-0.4, -0.2) is 19.6 Å². The number of halogens is 1. The molecule has 0 aromatic heterocycles. The lowest BCUT2D eigenvalue weighted by Crippen LogP contribution is -2.35. The van der Waals surface area contributed by atoms with Crippen molar-refractivity contribution in [1.82, 2.24) is 5.32 Å². The van der Waals surface area contributed by atoms with Gasteiger partial charge in [-0.25, -0.2) is 0 Å². The SMILES string of the molecule is CC(C)(CNCCN)c1ccc(Br)cc1. The summed E-state index contributed by atoms with van der Waals surface area (Å²) in [5.74, 6) is 0. The van der Waals surface area contributed by atoms with Crippen LogP contribution in [0.2, 0.25) is 0 Å². The van der Waals surface area contributed by atoms with Crippen LogP contribution in [0.15, 0.2) is 28.7 Å². The Hall–Kier alpha value is -0.380. The van der Waals surface area contributed by atoms with Gasteiger partial charge in [-0.15, -0.1) is 0 Å². The molecule has 0 radical (unpaired) electrons. The molecule has 0 spiro atoms. The molecule has 0 unspecified atom stereocenters. The Morgan fingerprint density at radius 3 is 2.40 bits per heavy atom. The maximum Gasteiger partial charge on any atom is 0.0175 e. The third-order valence-corrected chi connectivity index (χ3v) is 3.04. The summed E-state index contributed by atoms with van der Waals surface area (Å²) in [6.45, 7) is 6.99. The van der Waals surface area contributed by atoms with E-state index in [0.717, 1.165) is 17.6 Å². The van der Waals surface area contributed by atoms with Crippen LogP contribution in [0.1, 0.15) is 19.4 Å². The average Bonchev–Trinajstić information content (AvgIpc) is 2.18. The maximum atomic E-state index is 5.45. The fraction of sp³-hybridized carbons (Fsp3) is 0.500. The minimum Gasteiger partial charge on any atom is -0.329 e. The zero-order chi connectivity index (χ0) is 11.3. The third-order valence-electron chi connectivity index (χ3n) is 2.51. The summed E-state index contributed by atoms with van der Waals surface area (Å²) in [5.41, 5.74) is 6.94. The fourth-order valence-electron chi connectivity index (χ4n) is 1.51. The molecule has 1 rings (SSSR count). The van der Waals surface area contributed by atoms with Gasteiger partial charge in [0.05, 0.1) is 0 Å². The molecule has 1 aromatic rings. The van der Waals surface area contributed by atoms with Gasteiger partial charge in [0.2, 0.25) is 0 Å². The van der Waals surface area contributed by atoms with Crippen molar-refractivity contribution in [3.63, 3.8) is 0 Å². The molecule has 0 saturated heterocycles. The van der Waals surface area contributed by atoms with Gasteiger partial charge in [-0.3, -0.25) is 0 Å². The van der Waals surface area contributed by atoms with Crippen LogP contribution >= 0.6 is 15.9 Å². The zero-order valence-corrected chi connectivity index (χ0v) is 11.0. The third kappa shape index (κ3) is 3.93. The van der Waals surface area contributed by atoms with Gasteiger partial charge in [-0.1, -0.05) is 41.9 Å². The molecule has 0 bridgehead atoms. The monoisotopic (exact) mass is 270 g/mol. The number of hydrogen-bond acceptors (Lipinski definition) is 2. The molecule has 84 valence electrons. The lowest BCUT2D eigenvalue weighted by molar-refractivity contribution is 0.473. The van der Waals surface area contributed by atoms with Crippen LogP contribution in [0, 0.1) is 0 Å². The van der Waals surface area contributed by atoms with E-state index in [-0.39, 0.29) is 5.41 Å². The van der Waals surface area contributed by atoms with Crippen molar-refractivity contribution in [3.8, 4) is 0 Å². The molecule has 3 heteroatoms. The Morgan fingerprint density at radius 1 is 1.27 bits per heavy atom. The van der Waals surface area contributed by atoms with E-state index in [1.807, 2.05) is 0 Å². The summed E-state index contributed by atoms with van der Waals surface area (Å²) < 4.78 is 1.12. The first-order chi connectivity index (χ1) is 7.06. The van der Waals surface area contributed by atoms with Gasteiger partial charge in [0, 0.05) is 29.5 Å². The predicted molar refractivity (Wildman–Crippen MR) is 69.1 cm³/mol. The van der Waals surface area contributed by atoms with Crippen molar-refractivity contribution in [2.45, 2.75) is 19.3 Å². The molecular formula is C12H19BrN2. The quantitative estimate of drug-likeness (QED) is 0.806. The Morgan fingerprint density at radius 2 is 1.87 bits per heavy atom. The van der Waals surface area contributed by atoms with Gasteiger partial charge in [-0.05, 0) is 17.7 Å². The largest absolute Gasteiger partial charge is 0.329 e. The van der Waals surface area contributed by atoms with Crippen molar-refractivity contribution in [1.29, 1.82) is 0 Å². The molecule has 15 heavy (non-hydrogen) atoms. The highest BCUT2D eigenvalue weighted by molar-refractivity contribution is 9.10. The fourth-order valence-corrected chi connectivity index (χ4v) is 1.77. The highest BCUT2D eigenvalue weighted by atomic mass is 79.9. The summed E-state index contributed by atoms with van der Waals surface area (Å²) in [4.78, 5) is 0. The van der Waals surface area contributed by atoms with Crippen molar-refractivity contribution in [2.24, 2.45) is 5.73 Å². The van der Waals surface area contributed by atoms with Crippen LogP contribution in [0.3, 0.4) is 0 Å². The first kappa shape index (κ1) is 12.7. The van der Waals surface area contributed by atoms with Crippen LogP contribution < -0.4 is 11.1 Å². The zero-order valence-electron chi connectivity index (χ0n) is 9.39. The maximum absolute atomic E-state index is 5.45. The molecule has 0 heterocycles. The summed E-state index contributed by atoms with van der Waals surface area (Å²) in [6.07, 6.45) is 0. The summed E-state index contributed by atoms with van der Waals surface area (Å²) >= 11 is 3.44. The second-order valence-electron chi connectivity index (χ2n) is 4.36. The van der Waals surface area contributed by atoms with Gasteiger partial charge in [0.1, 0.15) is 0 Å². The number of nitrogens with two attached hydrogens (primary N) is 1. The van der Waals surface area contributed by atoms with Crippen LogP contribution in [0.4, 0.5) is 0 Å². The number of hydrogen-bond donors (Lipinski definition) is 2. The minimum atomic E-state index is 0.149. The molecule has 0 aliphatic carbocycles. The number of benzene rings is 1. The summed E-state index contributed by atoms with van der Waals surface area (Å²) in [7, 11) is 0. The normalized spacial score (nSPS) is 11.7. The van der Waals surface area contributed by atoms with E-state index in [1.165, 1.54) is 5.56 Å². The Balaban J connectivity index is 2.63. The molecule has 2 nitrogen and oxygen atoms in total. The highest BCUT2D eigenvalue weighted by Gasteiger charge is 2.19. The van der Waals surface area contributed by atoms with E-state index in [2.05, 4.69) is 59.4 Å². The molecule has 0 fully saturated rings. The van der Waals surface area contributed by atoms with Crippen molar-refractivity contribution < 1.29 is 0 Å². The topological polar surface area (TPSA) is 38.0 Å². The van der Waals surface area contributed by atoms with E-state index in [1.54, 1.807) is 0 Å². The van der Waals surface area contributed by atoms with E-state index < -0.39 is 0 Å². The Bertz CT molecular complexity index is 293. The second kappa shape index (κ2) is 5.64. The Kier molecular flexibility index (Phi) is 4.77. The number of nitrogens with one attached hydrogen (secondary N) is 1. The van der Waals surface area contributed by atoms with Crippen LogP contribution in [-0.2, 0) is 5.41 Å². The highest BCUT2D eigenvalue weighted by Crippen LogP contribution is 2.23. The first-order valence-electron chi connectivity index (χ1n) is 5.23. The molecular weight excluding hydrogens is 252 g/mol. The van der Waals surface area contributed by atoms with Gasteiger partial charge in [-0.2, -0.15) is 0 Å². The van der Waals surface area contributed by atoms with E-state index in [9.17, 15) is 0 Å². The Labute approximate surface area is 100 Å².